The van der Waals surface area contributed by atoms with Gasteiger partial charge in [0.05, 0.1) is 6.54 Å². The molecule has 1 aliphatic rings. The number of ether oxygens (including phenoxy) is 3. The van der Waals surface area contributed by atoms with Gasteiger partial charge >= 0.3 is 18.0 Å². The van der Waals surface area contributed by atoms with Crippen molar-refractivity contribution in [3.8, 4) is 0 Å². The van der Waals surface area contributed by atoms with Crippen molar-refractivity contribution in [2.24, 2.45) is 17.8 Å². The minimum absolute atomic E-state index is 0.0176. The first-order chi connectivity index (χ1) is 33.5. The van der Waals surface area contributed by atoms with Gasteiger partial charge in [0.25, 0.3) is 5.91 Å². The fraction of sp³-hybridized carbons (Fsp3) is 0.660. The molecule has 18 heteroatoms. The third kappa shape index (κ3) is 20.1. The lowest BCUT2D eigenvalue weighted by Gasteiger charge is -2.33. The minimum atomic E-state index is -1.31. The van der Waals surface area contributed by atoms with Crippen LogP contribution in [0.3, 0.4) is 0 Å². The van der Waals surface area contributed by atoms with E-state index in [2.05, 4.69) is 21.3 Å². The molecule has 398 valence electrons. The molecule has 0 aliphatic carbocycles. The zero-order valence-electron chi connectivity index (χ0n) is 44.9. The van der Waals surface area contributed by atoms with Gasteiger partial charge < -0.3 is 50.2 Å². The quantitative estimate of drug-likeness (QED) is 0.0781. The monoisotopic (exact) mass is 996 g/mol. The van der Waals surface area contributed by atoms with Gasteiger partial charge in [-0.15, -0.1) is 0 Å². The zero-order chi connectivity index (χ0) is 53.5. The summed E-state index contributed by atoms with van der Waals surface area (Å²) in [4.78, 5) is 115. The van der Waals surface area contributed by atoms with Crippen LogP contribution in [0.5, 0.6) is 0 Å². The molecule has 0 radical (unpaired) electrons. The molecule has 0 saturated heterocycles. The van der Waals surface area contributed by atoms with E-state index in [0.29, 0.717) is 18.5 Å². The maximum absolute atomic E-state index is 14.3. The number of benzene rings is 1. The van der Waals surface area contributed by atoms with Crippen LogP contribution in [0.4, 0.5) is 4.79 Å². The molecule has 18 nitrogen and oxygen atoms in total. The number of carbonyl (C=O) groups is 8. The Labute approximate surface area is 422 Å². The summed E-state index contributed by atoms with van der Waals surface area (Å²) in [5.41, 5.74) is 1.47. The number of hydrogen-bond acceptors (Lipinski definition) is 12. The second kappa shape index (κ2) is 30.8. The summed E-state index contributed by atoms with van der Waals surface area (Å²) < 4.78 is 18.1. The Morgan fingerprint density at radius 3 is 2.14 bits per heavy atom. The van der Waals surface area contributed by atoms with E-state index in [9.17, 15) is 38.4 Å². The van der Waals surface area contributed by atoms with Crippen molar-refractivity contribution < 1.29 is 52.6 Å². The number of rotatable bonds is 15. The van der Waals surface area contributed by atoms with E-state index in [1.807, 2.05) is 33.9 Å². The molecule has 0 fully saturated rings. The smallest absolute Gasteiger partial charge is 0.409 e. The summed E-state index contributed by atoms with van der Waals surface area (Å²) in [5.74, 6) is -6.05. The summed E-state index contributed by atoms with van der Waals surface area (Å²) >= 11 is 0. The van der Waals surface area contributed by atoms with Gasteiger partial charge in [-0.1, -0.05) is 96.4 Å². The van der Waals surface area contributed by atoms with E-state index < -0.39 is 108 Å². The summed E-state index contributed by atoms with van der Waals surface area (Å²) in [6.45, 7) is 17.9. The normalized spacial score (nSPS) is 25.8. The topological polar surface area (TPSA) is 222 Å². The van der Waals surface area contributed by atoms with E-state index in [0.717, 1.165) is 37.8 Å². The number of hydrogen-bond donors (Lipinski definition) is 4. The second-order valence-corrected chi connectivity index (χ2v) is 19.5. The van der Waals surface area contributed by atoms with E-state index in [1.54, 1.807) is 71.2 Å². The predicted octanol–water partition coefficient (Wildman–Crippen LogP) is 5.09. The number of cyclic esters (lactones) is 2. The lowest BCUT2D eigenvalue weighted by atomic mass is 9.90. The van der Waals surface area contributed by atoms with Crippen LogP contribution in [0.1, 0.15) is 120 Å². The molecule has 0 aromatic heterocycles. The summed E-state index contributed by atoms with van der Waals surface area (Å²) in [5, 5.41) is 11.3. The first kappa shape index (κ1) is 61.3. The Kier molecular flexibility index (Phi) is 26.6. The molecule has 6 amide bonds. The van der Waals surface area contributed by atoms with E-state index in [4.69, 9.17) is 14.2 Å². The van der Waals surface area contributed by atoms with Crippen molar-refractivity contribution in [2.45, 2.75) is 163 Å². The van der Waals surface area contributed by atoms with E-state index in [1.165, 1.54) is 49.6 Å². The Bertz CT molecular complexity index is 1990. The van der Waals surface area contributed by atoms with Crippen molar-refractivity contribution >= 4 is 47.6 Å². The second-order valence-electron chi connectivity index (χ2n) is 19.5. The molecule has 0 bridgehead atoms. The number of likely N-dealkylation sites (N-methyl/N-ethyl adjacent to an activating group) is 2. The number of amides is 6. The van der Waals surface area contributed by atoms with Gasteiger partial charge in [0.2, 0.25) is 23.6 Å². The highest BCUT2D eigenvalue weighted by Gasteiger charge is 2.38. The molecule has 0 spiro atoms. The first-order valence-electron chi connectivity index (χ1n) is 25.2. The number of carbonyl (C=O) groups excluding carboxylic acids is 8. The van der Waals surface area contributed by atoms with Crippen LogP contribution in [0.25, 0.3) is 0 Å². The summed E-state index contributed by atoms with van der Waals surface area (Å²) in [6, 6.07) is 4.40. The van der Waals surface area contributed by atoms with Gasteiger partial charge in [-0.2, -0.15) is 0 Å². The van der Waals surface area contributed by atoms with Gasteiger partial charge in [0, 0.05) is 52.0 Å². The van der Waals surface area contributed by atoms with E-state index in [-0.39, 0.29) is 30.8 Å². The predicted molar refractivity (Wildman–Crippen MR) is 272 cm³/mol. The lowest BCUT2D eigenvalue weighted by molar-refractivity contribution is -0.155. The van der Waals surface area contributed by atoms with Gasteiger partial charge in [-0.05, 0) is 90.4 Å². The molecule has 1 heterocycles. The van der Waals surface area contributed by atoms with Gasteiger partial charge in [-0.3, -0.25) is 24.0 Å². The fourth-order valence-corrected chi connectivity index (χ4v) is 8.01. The Hall–Kier alpha value is -5.78. The Balaban J connectivity index is 2.70. The molecule has 1 aliphatic heterocycles. The highest BCUT2D eigenvalue weighted by Crippen LogP contribution is 2.27. The molecule has 9 atom stereocenters. The third-order valence-corrected chi connectivity index (χ3v) is 13.0. The molecule has 1 aromatic rings. The number of unbranched alkanes of at least 4 members (excludes halogenated alkanes) is 3. The van der Waals surface area contributed by atoms with Gasteiger partial charge in [-0.25, -0.2) is 14.4 Å². The van der Waals surface area contributed by atoms with Crippen molar-refractivity contribution in [2.75, 3.05) is 47.8 Å². The summed E-state index contributed by atoms with van der Waals surface area (Å²) in [7, 11) is 6.40. The minimum Gasteiger partial charge on any atom is -0.456 e. The third-order valence-electron chi connectivity index (χ3n) is 13.0. The maximum Gasteiger partial charge on any atom is 0.409 e. The van der Waals surface area contributed by atoms with E-state index >= 15 is 0 Å². The molecule has 2 rings (SSSR count). The zero-order valence-corrected chi connectivity index (χ0v) is 44.9. The van der Waals surface area contributed by atoms with Crippen LogP contribution in [0, 0.1) is 17.8 Å². The highest BCUT2D eigenvalue weighted by atomic mass is 16.6. The molecular weight excluding hydrogens is 911 g/mol. The number of nitrogens with one attached hydrogen (secondary N) is 4. The number of esters is 2. The van der Waals surface area contributed by atoms with Crippen LogP contribution in [0.15, 0.2) is 53.6 Å². The SMILES string of the molecule is C/C=C(\C)[C@H]1OC(=O)[C@@H](C)NC(=O)[C@H]([C@H](C)CC)NC(=O)CN(C)C(=O)[C@@H](Cc2ccccc2)N(C)C(=O)[C@H](C)NC(=O)[C@@H](CC(C)C)OC(=O)/C(C)=C/C[C@H](OC(=O)N(C)CCCCCCNC)[C@@H]1C. The van der Waals surface area contributed by atoms with Crippen LogP contribution >= 0.6 is 0 Å². The van der Waals surface area contributed by atoms with Crippen molar-refractivity contribution in [3.63, 3.8) is 0 Å². The fourth-order valence-electron chi connectivity index (χ4n) is 8.01. The molecular formula is C53H85N7O11. The van der Waals surface area contributed by atoms with Gasteiger partial charge in [0.15, 0.2) is 6.10 Å². The molecule has 0 saturated carbocycles. The first-order valence-corrected chi connectivity index (χ1v) is 25.2. The maximum atomic E-state index is 14.3. The lowest BCUT2D eigenvalue weighted by Crippen LogP contribution is -2.57. The largest absolute Gasteiger partial charge is 0.456 e. The number of allylic oxidation sites excluding steroid dienone is 1. The van der Waals surface area contributed by atoms with Crippen LogP contribution in [0.2, 0.25) is 0 Å². The van der Waals surface area contributed by atoms with Crippen LogP contribution in [-0.4, -0.2) is 153 Å². The highest BCUT2D eigenvalue weighted by molar-refractivity contribution is 5.96. The van der Waals surface area contributed by atoms with Crippen molar-refractivity contribution in [1.82, 2.24) is 36.0 Å². The van der Waals surface area contributed by atoms with Crippen molar-refractivity contribution in [1.29, 1.82) is 0 Å². The molecule has 71 heavy (non-hydrogen) atoms. The van der Waals surface area contributed by atoms with Gasteiger partial charge in [0.1, 0.15) is 36.4 Å². The van der Waals surface area contributed by atoms with Crippen LogP contribution in [-0.2, 0) is 54.2 Å². The summed E-state index contributed by atoms with van der Waals surface area (Å²) in [6.07, 6.45) is 3.79. The average Bonchev–Trinajstić information content (AvgIpc) is 3.33. The molecule has 1 aromatic carbocycles. The van der Waals surface area contributed by atoms with Crippen molar-refractivity contribution in [3.05, 3.63) is 59.2 Å². The standard InChI is InChI=1S/C53H85N7O11/c1-15-34(5)45-48(63)56-39(10)52(67)71-46(35(6)16-2)37(8)42(70-53(68)58(12)29-23-18-17-22-28-54-11)27-26-36(7)51(66)69-43(30-33(3)4)47(62)55-38(9)49(64)60(14)41(31-40-24-20-19-21-25-40)50(65)59(13)32-44(61)57-45/h16,19-21,24-26,33-34,37-39,41-43,45-46,54H,15,17-18,22-23,27-32H2,1-14H3,(H,55,62)(H,56,63)(H,57,61)/b35-16+,36-26+/t34-,37+,38+,39-,41-,42+,43-,45+,46-/m1/s1. The molecule has 4 N–H and O–H groups in total. The molecule has 0 unspecified atom stereocenters. The average molecular weight is 996 g/mol. The Morgan fingerprint density at radius 2 is 1.54 bits per heavy atom. The number of nitrogens with zero attached hydrogens (tertiary/aromatic N) is 3. The Morgan fingerprint density at radius 1 is 0.901 bits per heavy atom. The van der Waals surface area contributed by atoms with Crippen LogP contribution < -0.4 is 21.3 Å².